The van der Waals surface area contributed by atoms with E-state index in [2.05, 4.69) is 0 Å². The molecular weight excluding hydrogens is 316 g/mol. The molecule has 0 atom stereocenters. The molecule has 0 bridgehead atoms. The van der Waals surface area contributed by atoms with Crippen molar-refractivity contribution in [2.24, 2.45) is 0 Å². The SMILES string of the molecule is COc1ccc(C(=O)c2c([O-])oc3cc(C)cc[n+]23)cc1[N+](=O)[O-]. The average Bonchev–Trinajstić information content (AvgIpc) is 2.88. The standard InChI is InChI=1S/C16H12N2O6/c1-9-5-6-17-13(7-9)24-16(20)14(17)15(19)10-3-4-12(23-2)11(8-10)18(21)22/h3-8H,1-2H3. The number of aryl methyl sites for hydroxylation is 1. The maximum absolute atomic E-state index is 12.7. The summed E-state index contributed by atoms with van der Waals surface area (Å²) in [5, 5.41) is 23.1. The van der Waals surface area contributed by atoms with Gasteiger partial charge in [-0.2, -0.15) is 0 Å². The minimum absolute atomic E-state index is 0.00428. The first-order chi connectivity index (χ1) is 11.4. The van der Waals surface area contributed by atoms with Crippen LogP contribution in [0.1, 0.15) is 21.6 Å². The lowest BCUT2D eigenvalue weighted by atomic mass is 10.1. The van der Waals surface area contributed by atoms with Gasteiger partial charge in [-0.1, -0.05) is 0 Å². The van der Waals surface area contributed by atoms with E-state index in [-0.39, 0.29) is 28.4 Å². The second-order valence-corrected chi connectivity index (χ2v) is 5.12. The van der Waals surface area contributed by atoms with Crippen LogP contribution in [0.25, 0.3) is 5.71 Å². The van der Waals surface area contributed by atoms with Gasteiger partial charge in [-0.25, -0.2) is 0 Å². The fraction of sp³-hybridized carbons (Fsp3) is 0.125. The summed E-state index contributed by atoms with van der Waals surface area (Å²) in [6.07, 6.45) is 1.54. The smallest absolute Gasteiger partial charge is 0.311 e. The van der Waals surface area contributed by atoms with Crippen LogP contribution in [0.5, 0.6) is 11.7 Å². The molecule has 3 rings (SSSR count). The van der Waals surface area contributed by atoms with Gasteiger partial charge in [-0.3, -0.25) is 14.9 Å². The van der Waals surface area contributed by atoms with Gasteiger partial charge in [0.2, 0.25) is 0 Å². The second-order valence-electron chi connectivity index (χ2n) is 5.12. The van der Waals surface area contributed by atoms with Gasteiger partial charge < -0.3 is 14.3 Å². The second kappa shape index (κ2) is 5.65. The van der Waals surface area contributed by atoms with Gasteiger partial charge in [0.25, 0.3) is 17.2 Å². The Morgan fingerprint density at radius 1 is 1.29 bits per heavy atom. The summed E-state index contributed by atoms with van der Waals surface area (Å²) in [4.78, 5) is 23.1. The van der Waals surface area contributed by atoms with E-state index in [9.17, 15) is 20.0 Å². The first kappa shape index (κ1) is 15.5. The maximum atomic E-state index is 12.7. The van der Waals surface area contributed by atoms with Crippen molar-refractivity contribution < 1.29 is 28.4 Å². The fourth-order valence-corrected chi connectivity index (χ4v) is 2.40. The zero-order chi connectivity index (χ0) is 17.4. The molecule has 0 saturated heterocycles. The molecule has 24 heavy (non-hydrogen) atoms. The third-order valence-electron chi connectivity index (χ3n) is 3.56. The number of rotatable bonds is 4. The predicted molar refractivity (Wildman–Crippen MR) is 79.1 cm³/mol. The Bertz CT molecular complexity index is 976. The number of oxazole rings is 1. The first-order valence-corrected chi connectivity index (χ1v) is 6.91. The molecular formula is C16H12N2O6. The summed E-state index contributed by atoms with van der Waals surface area (Å²) in [7, 11) is 1.29. The first-order valence-electron chi connectivity index (χ1n) is 6.91. The van der Waals surface area contributed by atoms with Crippen molar-refractivity contribution >= 4 is 17.2 Å². The maximum Gasteiger partial charge on any atom is 0.311 e. The highest BCUT2D eigenvalue weighted by atomic mass is 16.6. The van der Waals surface area contributed by atoms with Crippen molar-refractivity contribution in [3.05, 3.63) is 63.5 Å². The monoisotopic (exact) mass is 328 g/mol. The van der Waals surface area contributed by atoms with Gasteiger partial charge in [-0.05, 0) is 24.6 Å². The molecule has 0 N–H and O–H groups in total. The van der Waals surface area contributed by atoms with Gasteiger partial charge in [-0.15, -0.1) is 4.40 Å². The van der Waals surface area contributed by atoms with Gasteiger partial charge in [0.15, 0.2) is 11.9 Å². The number of fused-ring (bicyclic) bond motifs is 1. The Morgan fingerprint density at radius 2 is 2.04 bits per heavy atom. The van der Waals surface area contributed by atoms with Crippen LogP contribution in [0.3, 0.4) is 0 Å². The van der Waals surface area contributed by atoms with Gasteiger partial charge in [0.1, 0.15) is 5.95 Å². The van der Waals surface area contributed by atoms with Gasteiger partial charge in [0, 0.05) is 23.8 Å². The minimum atomic E-state index is -0.802. The van der Waals surface area contributed by atoms with Gasteiger partial charge in [0.05, 0.1) is 12.0 Å². The number of nitro groups is 1. The topological polar surface area (TPSA) is 110 Å². The lowest BCUT2D eigenvalue weighted by Crippen LogP contribution is -2.28. The van der Waals surface area contributed by atoms with Crippen LogP contribution in [0.4, 0.5) is 5.69 Å². The number of nitrogens with zero attached hydrogens (tertiary/aromatic N) is 2. The van der Waals surface area contributed by atoms with E-state index < -0.39 is 16.7 Å². The molecule has 8 heteroatoms. The largest absolute Gasteiger partial charge is 0.540 e. The Balaban J connectivity index is 2.15. The number of hydrogen-bond donors (Lipinski definition) is 0. The van der Waals surface area contributed by atoms with Crippen molar-refractivity contribution in [2.75, 3.05) is 7.11 Å². The van der Waals surface area contributed by atoms with Crippen molar-refractivity contribution in [3.8, 4) is 11.7 Å². The highest BCUT2D eigenvalue weighted by Crippen LogP contribution is 2.29. The van der Waals surface area contributed by atoms with Crippen molar-refractivity contribution in [1.82, 2.24) is 0 Å². The predicted octanol–water partition coefficient (Wildman–Crippen LogP) is 1.55. The van der Waals surface area contributed by atoms with E-state index >= 15 is 0 Å². The number of pyridine rings is 1. The molecule has 2 heterocycles. The van der Waals surface area contributed by atoms with E-state index in [1.165, 1.54) is 23.6 Å². The number of aromatic nitrogens is 1. The highest BCUT2D eigenvalue weighted by molar-refractivity contribution is 6.08. The van der Waals surface area contributed by atoms with Crippen LogP contribution >= 0.6 is 0 Å². The quantitative estimate of drug-likeness (QED) is 0.311. The van der Waals surface area contributed by atoms with E-state index in [0.717, 1.165) is 11.6 Å². The Kier molecular flexibility index (Phi) is 3.64. The summed E-state index contributed by atoms with van der Waals surface area (Å²) in [5.41, 5.74) is 0.512. The van der Waals surface area contributed by atoms with E-state index in [0.29, 0.717) is 0 Å². The third kappa shape index (κ3) is 2.43. The van der Waals surface area contributed by atoms with Crippen molar-refractivity contribution in [3.63, 3.8) is 0 Å². The zero-order valence-corrected chi connectivity index (χ0v) is 12.8. The number of carbonyl (C=O) groups excluding carboxylic acids is 1. The van der Waals surface area contributed by atoms with Crippen molar-refractivity contribution in [1.29, 1.82) is 0 Å². The Morgan fingerprint density at radius 3 is 2.71 bits per heavy atom. The van der Waals surface area contributed by atoms with Crippen LogP contribution < -0.4 is 14.2 Å². The lowest BCUT2D eigenvalue weighted by molar-refractivity contribution is -0.518. The van der Waals surface area contributed by atoms with Gasteiger partial charge >= 0.3 is 5.69 Å². The van der Waals surface area contributed by atoms with Crippen LogP contribution in [0, 0.1) is 17.0 Å². The third-order valence-corrected chi connectivity index (χ3v) is 3.56. The summed E-state index contributed by atoms with van der Waals surface area (Å²) in [5.74, 6) is -1.44. The number of ether oxygens (including phenoxy) is 1. The van der Waals surface area contributed by atoms with Crippen LogP contribution in [0.15, 0.2) is 40.9 Å². The molecule has 0 aliphatic heterocycles. The molecule has 0 radical (unpaired) electrons. The number of nitro benzene ring substituents is 1. The van der Waals surface area contributed by atoms with E-state index in [1.54, 1.807) is 18.3 Å². The summed E-state index contributed by atoms with van der Waals surface area (Å²) >= 11 is 0. The molecule has 0 fully saturated rings. The average molecular weight is 328 g/mol. The van der Waals surface area contributed by atoms with Crippen LogP contribution in [-0.4, -0.2) is 17.8 Å². The molecule has 0 spiro atoms. The number of methoxy groups -OCH3 is 1. The molecule has 0 aliphatic rings. The highest BCUT2D eigenvalue weighted by Gasteiger charge is 2.27. The van der Waals surface area contributed by atoms with Crippen LogP contribution in [0.2, 0.25) is 0 Å². The molecule has 0 aliphatic carbocycles. The summed E-state index contributed by atoms with van der Waals surface area (Å²) < 4.78 is 11.3. The number of benzene rings is 1. The molecule has 0 amide bonds. The lowest BCUT2D eigenvalue weighted by Gasteiger charge is -2.03. The molecule has 0 unspecified atom stereocenters. The number of carbonyl (C=O) groups is 1. The van der Waals surface area contributed by atoms with Crippen LogP contribution in [-0.2, 0) is 0 Å². The normalized spacial score (nSPS) is 10.8. The zero-order valence-electron chi connectivity index (χ0n) is 12.8. The molecule has 122 valence electrons. The van der Waals surface area contributed by atoms with Crippen molar-refractivity contribution in [2.45, 2.75) is 6.92 Å². The molecule has 3 aromatic rings. The molecule has 1 aromatic carbocycles. The van der Waals surface area contributed by atoms with E-state index in [1.807, 2.05) is 6.92 Å². The summed E-state index contributed by atoms with van der Waals surface area (Å²) in [6.45, 7) is 1.82. The number of ketones is 1. The molecule has 2 aromatic heterocycles. The molecule has 0 saturated carbocycles. The minimum Gasteiger partial charge on any atom is -0.540 e. The van der Waals surface area contributed by atoms with E-state index in [4.69, 9.17) is 9.15 Å². The fourth-order valence-electron chi connectivity index (χ4n) is 2.40. The Labute approximate surface area is 135 Å². The Hall–Kier alpha value is -3.42. The molecule has 8 nitrogen and oxygen atoms in total. The summed E-state index contributed by atoms with van der Waals surface area (Å²) in [6, 6.07) is 7.09. The number of hydrogen-bond acceptors (Lipinski definition) is 6.